The summed E-state index contributed by atoms with van der Waals surface area (Å²) in [6.07, 6.45) is 3.20. The van der Waals surface area contributed by atoms with E-state index in [9.17, 15) is 4.79 Å². The summed E-state index contributed by atoms with van der Waals surface area (Å²) in [6, 6.07) is 16.6. The molecular weight excluding hydrogens is 433 g/mol. The van der Waals surface area contributed by atoms with Crippen LogP contribution in [-0.4, -0.2) is 13.0 Å². The Morgan fingerprint density at radius 3 is 2.29 bits per heavy atom. The maximum atomic E-state index is 12.3. The number of hydrogen-bond donors (Lipinski definition) is 1. The van der Waals surface area contributed by atoms with Gasteiger partial charge in [-0.15, -0.1) is 0 Å². The monoisotopic (exact) mass is 455 g/mol. The first-order valence-electron chi connectivity index (χ1n) is 9.67. The van der Waals surface area contributed by atoms with Crippen LogP contribution in [0.4, 0.5) is 5.69 Å². The second-order valence-corrected chi connectivity index (χ2v) is 7.91. The zero-order valence-electron chi connectivity index (χ0n) is 17.5. The largest absolute Gasteiger partial charge is 0.493 e. The van der Waals surface area contributed by atoms with Gasteiger partial charge in [0.15, 0.2) is 11.5 Å². The first-order valence-corrected chi connectivity index (χ1v) is 10.4. The number of benzene rings is 3. The van der Waals surface area contributed by atoms with Gasteiger partial charge in [0.05, 0.1) is 7.11 Å². The summed E-state index contributed by atoms with van der Waals surface area (Å²) in [7, 11) is 1.56. The van der Waals surface area contributed by atoms with Crippen LogP contribution >= 0.6 is 23.2 Å². The van der Waals surface area contributed by atoms with Crippen molar-refractivity contribution in [2.45, 2.75) is 20.5 Å². The first-order chi connectivity index (χ1) is 14.9. The Morgan fingerprint density at radius 1 is 0.968 bits per heavy atom. The Hall–Kier alpha value is -2.95. The van der Waals surface area contributed by atoms with E-state index in [1.807, 2.05) is 32.0 Å². The molecule has 4 nitrogen and oxygen atoms in total. The van der Waals surface area contributed by atoms with Crippen molar-refractivity contribution in [3.63, 3.8) is 0 Å². The van der Waals surface area contributed by atoms with Crippen molar-refractivity contribution in [2.75, 3.05) is 12.4 Å². The number of carbonyl (C=O) groups excluding carboxylic acids is 1. The van der Waals surface area contributed by atoms with Gasteiger partial charge in [-0.3, -0.25) is 4.79 Å². The second kappa shape index (κ2) is 10.4. The van der Waals surface area contributed by atoms with Crippen LogP contribution in [0.25, 0.3) is 6.08 Å². The van der Waals surface area contributed by atoms with Crippen LogP contribution in [0, 0.1) is 13.8 Å². The smallest absolute Gasteiger partial charge is 0.248 e. The molecule has 0 spiro atoms. The highest BCUT2D eigenvalue weighted by Crippen LogP contribution is 2.31. The van der Waals surface area contributed by atoms with Crippen LogP contribution in [0.5, 0.6) is 11.5 Å². The molecule has 0 aliphatic carbocycles. The fraction of sp³-hybridized carbons (Fsp3) is 0.160. The SMILES string of the molecule is COc1cc(/C=C/C(=O)Nc2cc(C)cc(C)c2)ccc1OCc1c(Cl)cccc1Cl. The fourth-order valence-electron chi connectivity index (χ4n) is 3.13. The molecule has 3 aromatic rings. The minimum Gasteiger partial charge on any atom is -0.493 e. The topological polar surface area (TPSA) is 47.6 Å². The van der Waals surface area contributed by atoms with E-state index in [2.05, 4.69) is 11.4 Å². The molecule has 1 amide bonds. The summed E-state index contributed by atoms with van der Waals surface area (Å²) in [5.41, 5.74) is 4.47. The lowest BCUT2D eigenvalue weighted by Gasteiger charge is -2.13. The molecule has 0 fully saturated rings. The van der Waals surface area contributed by atoms with Gasteiger partial charge >= 0.3 is 0 Å². The highest BCUT2D eigenvalue weighted by atomic mass is 35.5. The molecule has 1 N–H and O–H groups in total. The zero-order chi connectivity index (χ0) is 22.4. The Bertz CT molecular complexity index is 1090. The van der Waals surface area contributed by atoms with Crippen LogP contribution < -0.4 is 14.8 Å². The molecule has 0 aromatic heterocycles. The minimum absolute atomic E-state index is 0.211. The molecule has 0 saturated carbocycles. The third-order valence-corrected chi connectivity index (χ3v) is 5.25. The number of aryl methyl sites for hydroxylation is 2. The number of amides is 1. The van der Waals surface area contributed by atoms with E-state index in [1.165, 1.54) is 6.08 Å². The van der Waals surface area contributed by atoms with Gasteiger partial charge < -0.3 is 14.8 Å². The van der Waals surface area contributed by atoms with Crippen molar-refractivity contribution >= 4 is 40.9 Å². The van der Waals surface area contributed by atoms with E-state index in [0.717, 1.165) is 22.4 Å². The van der Waals surface area contributed by atoms with Gasteiger partial charge in [0.1, 0.15) is 6.61 Å². The van der Waals surface area contributed by atoms with E-state index in [1.54, 1.807) is 43.5 Å². The maximum Gasteiger partial charge on any atom is 0.248 e. The molecule has 0 unspecified atom stereocenters. The standard InChI is InChI=1S/C25H23Cl2NO3/c1-16-11-17(2)13-19(12-16)28-25(29)10-8-18-7-9-23(24(14-18)30-3)31-15-20-21(26)5-4-6-22(20)27/h4-14H,15H2,1-3H3,(H,28,29)/b10-8+. The number of anilines is 1. The quantitative estimate of drug-likeness (QED) is 0.396. The first kappa shape index (κ1) is 22.7. The van der Waals surface area contributed by atoms with Gasteiger partial charge in [0, 0.05) is 27.4 Å². The van der Waals surface area contributed by atoms with Crippen molar-refractivity contribution in [1.29, 1.82) is 0 Å². The molecule has 0 saturated heterocycles. The van der Waals surface area contributed by atoms with E-state index >= 15 is 0 Å². The molecule has 3 aromatic carbocycles. The van der Waals surface area contributed by atoms with Gasteiger partial charge in [0.25, 0.3) is 0 Å². The molecule has 3 rings (SSSR count). The number of rotatable bonds is 7. The van der Waals surface area contributed by atoms with Crippen molar-refractivity contribution in [3.8, 4) is 11.5 Å². The second-order valence-electron chi connectivity index (χ2n) is 7.10. The third-order valence-electron chi connectivity index (χ3n) is 4.54. The Labute approximate surface area is 192 Å². The Balaban J connectivity index is 1.68. The lowest BCUT2D eigenvalue weighted by Crippen LogP contribution is -2.08. The number of ether oxygens (including phenoxy) is 2. The molecule has 0 aliphatic rings. The number of nitrogens with one attached hydrogen (secondary N) is 1. The zero-order valence-corrected chi connectivity index (χ0v) is 19.1. The summed E-state index contributed by atoms with van der Waals surface area (Å²) in [4.78, 5) is 12.3. The molecular formula is C25H23Cl2NO3. The minimum atomic E-state index is -0.211. The van der Waals surface area contributed by atoms with Gasteiger partial charge in [-0.25, -0.2) is 0 Å². The lowest BCUT2D eigenvalue weighted by atomic mass is 10.1. The number of hydrogen-bond acceptors (Lipinski definition) is 3. The Morgan fingerprint density at radius 2 is 1.65 bits per heavy atom. The summed E-state index contributed by atoms with van der Waals surface area (Å²) >= 11 is 12.4. The summed E-state index contributed by atoms with van der Waals surface area (Å²) in [5, 5.41) is 3.96. The van der Waals surface area contributed by atoms with Crippen molar-refractivity contribution in [2.24, 2.45) is 0 Å². The van der Waals surface area contributed by atoms with Gasteiger partial charge in [-0.2, -0.15) is 0 Å². The molecule has 0 heterocycles. The van der Waals surface area contributed by atoms with E-state index in [-0.39, 0.29) is 12.5 Å². The molecule has 160 valence electrons. The number of carbonyl (C=O) groups is 1. The average Bonchev–Trinajstić information content (AvgIpc) is 2.71. The molecule has 0 aliphatic heterocycles. The van der Waals surface area contributed by atoms with E-state index in [0.29, 0.717) is 27.1 Å². The molecule has 0 bridgehead atoms. The van der Waals surface area contributed by atoms with Crippen molar-refractivity contribution < 1.29 is 14.3 Å². The van der Waals surface area contributed by atoms with Crippen LogP contribution in [0.1, 0.15) is 22.3 Å². The third kappa shape index (κ3) is 6.27. The predicted octanol–water partition coefficient (Wildman–Crippen LogP) is 6.85. The summed E-state index contributed by atoms with van der Waals surface area (Å²) in [6.45, 7) is 4.20. The summed E-state index contributed by atoms with van der Waals surface area (Å²) in [5.74, 6) is 0.882. The molecule has 0 radical (unpaired) electrons. The molecule has 0 atom stereocenters. The van der Waals surface area contributed by atoms with Gasteiger partial charge in [-0.1, -0.05) is 41.4 Å². The molecule has 31 heavy (non-hydrogen) atoms. The fourth-order valence-corrected chi connectivity index (χ4v) is 3.64. The number of halogens is 2. The summed E-state index contributed by atoms with van der Waals surface area (Å²) < 4.78 is 11.3. The number of methoxy groups -OCH3 is 1. The highest BCUT2D eigenvalue weighted by Gasteiger charge is 2.10. The van der Waals surface area contributed by atoms with Crippen LogP contribution in [-0.2, 0) is 11.4 Å². The lowest BCUT2D eigenvalue weighted by molar-refractivity contribution is -0.111. The van der Waals surface area contributed by atoms with Crippen molar-refractivity contribution in [3.05, 3.63) is 93.0 Å². The van der Waals surface area contributed by atoms with E-state index in [4.69, 9.17) is 32.7 Å². The van der Waals surface area contributed by atoms with Crippen molar-refractivity contribution in [1.82, 2.24) is 0 Å². The average molecular weight is 456 g/mol. The van der Waals surface area contributed by atoms with Gasteiger partial charge in [0.2, 0.25) is 5.91 Å². The van der Waals surface area contributed by atoms with Crippen LogP contribution in [0.3, 0.4) is 0 Å². The maximum absolute atomic E-state index is 12.3. The Kier molecular flexibility index (Phi) is 7.61. The normalized spacial score (nSPS) is 10.9. The van der Waals surface area contributed by atoms with Crippen LogP contribution in [0.2, 0.25) is 10.0 Å². The van der Waals surface area contributed by atoms with Crippen LogP contribution in [0.15, 0.2) is 60.7 Å². The molecule has 6 heteroatoms. The van der Waals surface area contributed by atoms with E-state index < -0.39 is 0 Å². The predicted molar refractivity (Wildman–Crippen MR) is 127 cm³/mol. The van der Waals surface area contributed by atoms with Gasteiger partial charge in [-0.05, 0) is 73.0 Å². The highest BCUT2D eigenvalue weighted by molar-refractivity contribution is 6.35.